The molecule has 1 aromatic rings. The van der Waals surface area contributed by atoms with Crippen molar-refractivity contribution in [2.45, 2.75) is 12.8 Å². The molecular formula is C13H16ClN3. The molecule has 17 heavy (non-hydrogen) atoms. The second-order valence-corrected chi connectivity index (χ2v) is 4.90. The smallest absolute Gasteiger partial charge is 0.101 e. The standard InChI is InChI=1S/C13H16ClN3/c14-12-3-4-13(11(6-12)8-16)17-5-1-2-10(7-15)9-17/h3-4,6,10H,1-2,5,7,9,15H2. The molecule has 1 unspecified atom stereocenters. The second kappa shape index (κ2) is 5.39. The predicted molar refractivity (Wildman–Crippen MR) is 70.2 cm³/mol. The maximum Gasteiger partial charge on any atom is 0.101 e. The maximum absolute atomic E-state index is 9.14. The normalized spacial score (nSPS) is 20.1. The summed E-state index contributed by atoms with van der Waals surface area (Å²) in [6, 6.07) is 7.70. The van der Waals surface area contributed by atoms with E-state index in [9.17, 15) is 0 Å². The SMILES string of the molecule is N#Cc1cc(Cl)ccc1N1CCCC(CN)C1. The number of nitrogens with two attached hydrogens (primary N) is 1. The van der Waals surface area contributed by atoms with E-state index >= 15 is 0 Å². The van der Waals surface area contributed by atoms with Crippen molar-refractivity contribution in [1.82, 2.24) is 0 Å². The third-order valence-electron chi connectivity index (χ3n) is 3.27. The summed E-state index contributed by atoms with van der Waals surface area (Å²) in [4.78, 5) is 2.25. The van der Waals surface area contributed by atoms with Crippen LogP contribution in [0.15, 0.2) is 18.2 Å². The van der Waals surface area contributed by atoms with E-state index in [1.807, 2.05) is 12.1 Å². The van der Waals surface area contributed by atoms with Gasteiger partial charge in [-0.05, 0) is 43.5 Å². The summed E-state index contributed by atoms with van der Waals surface area (Å²) in [5.74, 6) is 0.533. The van der Waals surface area contributed by atoms with Crippen LogP contribution in [0.1, 0.15) is 18.4 Å². The number of nitriles is 1. The number of rotatable bonds is 2. The number of anilines is 1. The van der Waals surface area contributed by atoms with Crippen molar-refractivity contribution in [3.8, 4) is 6.07 Å². The van der Waals surface area contributed by atoms with E-state index in [1.165, 1.54) is 6.42 Å². The molecule has 1 fully saturated rings. The fourth-order valence-corrected chi connectivity index (χ4v) is 2.52. The van der Waals surface area contributed by atoms with Crippen molar-refractivity contribution in [3.63, 3.8) is 0 Å². The lowest BCUT2D eigenvalue weighted by Gasteiger charge is -2.34. The molecule has 2 rings (SSSR count). The molecule has 0 radical (unpaired) electrons. The van der Waals surface area contributed by atoms with Crippen molar-refractivity contribution < 1.29 is 0 Å². The van der Waals surface area contributed by atoms with Crippen LogP contribution in [0.2, 0.25) is 5.02 Å². The Morgan fingerprint density at radius 2 is 2.35 bits per heavy atom. The Kier molecular flexibility index (Phi) is 3.88. The molecule has 1 aromatic carbocycles. The topological polar surface area (TPSA) is 53.0 Å². The van der Waals surface area contributed by atoms with Crippen LogP contribution in [-0.2, 0) is 0 Å². The number of piperidine rings is 1. The third kappa shape index (κ3) is 2.71. The van der Waals surface area contributed by atoms with Gasteiger partial charge >= 0.3 is 0 Å². The monoisotopic (exact) mass is 249 g/mol. The molecule has 0 bridgehead atoms. The molecule has 2 N–H and O–H groups in total. The number of hydrogen-bond acceptors (Lipinski definition) is 3. The van der Waals surface area contributed by atoms with Crippen LogP contribution in [0, 0.1) is 17.2 Å². The fourth-order valence-electron chi connectivity index (χ4n) is 2.35. The maximum atomic E-state index is 9.14. The van der Waals surface area contributed by atoms with Gasteiger partial charge in [-0.15, -0.1) is 0 Å². The zero-order valence-electron chi connectivity index (χ0n) is 9.69. The minimum absolute atomic E-state index is 0.533. The molecule has 1 aliphatic rings. The molecule has 1 aliphatic heterocycles. The Balaban J connectivity index is 2.24. The average molecular weight is 250 g/mol. The average Bonchev–Trinajstić information content (AvgIpc) is 2.38. The lowest BCUT2D eigenvalue weighted by molar-refractivity contribution is 0.423. The molecule has 0 spiro atoms. The van der Waals surface area contributed by atoms with Gasteiger partial charge in [0.05, 0.1) is 11.3 Å². The van der Waals surface area contributed by atoms with Crippen molar-refractivity contribution in [2.75, 3.05) is 24.5 Å². The largest absolute Gasteiger partial charge is 0.370 e. The van der Waals surface area contributed by atoms with Crippen LogP contribution in [0.3, 0.4) is 0 Å². The van der Waals surface area contributed by atoms with E-state index in [0.717, 1.165) is 25.2 Å². The highest BCUT2D eigenvalue weighted by molar-refractivity contribution is 6.30. The Morgan fingerprint density at radius 3 is 3.06 bits per heavy atom. The van der Waals surface area contributed by atoms with Crippen molar-refractivity contribution >= 4 is 17.3 Å². The number of nitrogens with zero attached hydrogens (tertiary/aromatic N) is 2. The van der Waals surface area contributed by atoms with Gasteiger partial charge in [0.25, 0.3) is 0 Å². The predicted octanol–water partition coefficient (Wildman–Crippen LogP) is 2.39. The first-order valence-electron chi connectivity index (χ1n) is 5.89. The highest BCUT2D eigenvalue weighted by Gasteiger charge is 2.20. The molecule has 0 saturated carbocycles. The van der Waals surface area contributed by atoms with Crippen molar-refractivity contribution in [3.05, 3.63) is 28.8 Å². The zero-order valence-corrected chi connectivity index (χ0v) is 10.5. The molecule has 4 heteroatoms. The van der Waals surface area contributed by atoms with Crippen LogP contribution in [0.5, 0.6) is 0 Å². The van der Waals surface area contributed by atoms with Crippen LogP contribution in [0.25, 0.3) is 0 Å². The van der Waals surface area contributed by atoms with Gasteiger partial charge in [0, 0.05) is 18.1 Å². The quantitative estimate of drug-likeness (QED) is 0.876. The molecule has 1 atom stereocenters. The van der Waals surface area contributed by atoms with Crippen LogP contribution in [0.4, 0.5) is 5.69 Å². The molecule has 90 valence electrons. The summed E-state index contributed by atoms with van der Waals surface area (Å²) in [5.41, 5.74) is 7.36. The Labute approximate surface area is 107 Å². The molecule has 0 amide bonds. The Bertz CT molecular complexity index is 439. The third-order valence-corrected chi connectivity index (χ3v) is 3.51. The lowest BCUT2D eigenvalue weighted by atomic mass is 9.97. The van der Waals surface area contributed by atoms with Gasteiger partial charge in [-0.1, -0.05) is 11.6 Å². The summed E-state index contributed by atoms with van der Waals surface area (Å²) < 4.78 is 0. The van der Waals surface area contributed by atoms with E-state index in [-0.39, 0.29) is 0 Å². The Hall–Kier alpha value is -1.24. The first kappa shape index (κ1) is 12.2. The summed E-state index contributed by atoms with van der Waals surface area (Å²) >= 11 is 5.90. The van der Waals surface area contributed by atoms with Gasteiger partial charge in [-0.3, -0.25) is 0 Å². The number of halogens is 1. The fraction of sp³-hybridized carbons (Fsp3) is 0.462. The summed E-state index contributed by atoms with van der Waals surface area (Å²) in [6.07, 6.45) is 2.32. The van der Waals surface area contributed by atoms with E-state index < -0.39 is 0 Å². The molecule has 0 aliphatic carbocycles. The zero-order chi connectivity index (χ0) is 12.3. The minimum atomic E-state index is 0.533. The van der Waals surface area contributed by atoms with Gasteiger partial charge in [-0.25, -0.2) is 0 Å². The summed E-state index contributed by atoms with van der Waals surface area (Å²) in [7, 11) is 0. The lowest BCUT2D eigenvalue weighted by Crippen LogP contribution is -2.38. The highest BCUT2D eigenvalue weighted by atomic mass is 35.5. The number of hydrogen-bond donors (Lipinski definition) is 1. The molecule has 1 saturated heterocycles. The first-order chi connectivity index (χ1) is 8.24. The van der Waals surface area contributed by atoms with E-state index in [4.69, 9.17) is 22.6 Å². The molecule has 3 nitrogen and oxygen atoms in total. The van der Waals surface area contributed by atoms with E-state index in [1.54, 1.807) is 6.07 Å². The van der Waals surface area contributed by atoms with Crippen LogP contribution >= 0.6 is 11.6 Å². The number of benzene rings is 1. The molecular weight excluding hydrogens is 234 g/mol. The van der Waals surface area contributed by atoms with Crippen LogP contribution in [-0.4, -0.2) is 19.6 Å². The van der Waals surface area contributed by atoms with Gasteiger partial charge in [0.15, 0.2) is 0 Å². The molecule has 1 heterocycles. The summed E-state index contributed by atoms with van der Waals surface area (Å²) in [5, 5.41) is 9.75. The van der Waals surface area contributed by atoms with Gasteiger partial charge in [0.1, 0.15) is 6.07 Å². The summed E-state index contributed by atoms with van der Waals surface area (Å²) in [6.45, 7) is 2.64. The second-order valence-electron chi connectivity index (χ2n) is 4.46. The van der Waals surface area contributed by atoms with Crippen molar-refractivity contribution in [1.29, 1.82) is 5.26 Å². The van der Waals surface area contributed by atoms with Gasteiger partial charge in [0.2, 0.25) is 0 Å². The minimum Gasteiger partial charge on any atom is -0.370 e. The van der Waals surface area contributed by atoms with Gasteiger partial charge < -0.3 is 10.6 Å². The van der Waals surface area contributed by atoms with Crippen LogP contribution < -0.4 is 10.6 Å². The first-order valence-corrected chi connectivity index (χ1v) is 6.27. The van der Waals surface area contributed by atoms with E-state index in [2.05, 4.69) is 11.0 Å². The highest BCUT2D eigenvalue weighted by Crippen LogP contribution is 2.27. The van der Waals surface area contributed by atoms with Crippen molar-refractivity contribution in [2.24, 2.45) is 11.7 Å². The van der Waals surface area contributed by atoms with E-state index in [0.29, 0.717) is 23.0 Å². The Morgan fingerprint density at radius 1 is 1.53 bits per heavy atom. The van der Waals surface area contributed by atoms with Gasteiger partial charge in [-0.2, -0.15) is 5.26 Å². The molecule has 0 aromatic heterocycles.